The average molecular weight is 468 g/mol. The molecule has 0 aromatic heterocycles. The molecular weight excluding hydrogens is 434 g/mol. The molecule has 2 aliphatic heterocycles. The molecular formula is C25H33N5O4. The van der Waals surface area contributed by atoms with Crippen molar-refractivity contribution in [3.05, 3.63) is 41.2 Å². The van der Waals surface area contributed by atoms with E-state index in [-0.39, 0.29) is 36.4 Å². The maximum absolute atomic E-state index is 13.4. The van der Waals surface area contributed by atoms with Crippen molar-refractivity contribution in [2.75, 3.05) is 38.1 Å². The number of ether oxygens (including phenoxy) is 1. The molecule has 9 heteroatoms. The van der Waals surface area contributed by atoms with Gasteiger partial charge in [0.2, 0.25) is 11.8 Å². The Labute approximate surface area is 200 Å². The van der Waals surface area contributed by atoms with Gasteiger partial charge in [0.15, 0.2) is 5.57 Å². The molecule has 34 heavy (non-hydrogen) atoms. The fraction of sp³-hybridized carbons (Fsp3) is 0.520. The van der Waals surface area contributed by atoms with Gasteiger partial charge < -0.3 is 25.2 Å². The third-order valence-corrected chi connectivity index (χ3v) is 6.01. The van der Waals surface area contributed by atoms with Crippen LogP contribution < -0.4 is 10.6 Å². The Balaban J connectivity index is 1.84. The first-order valence-electron chi connectivity index (χ1n) is 11.9. The highest BCUT2D eigenvalue weighted by molar-refractivity contribution is 5.94. The maximum Gasteiger partial charge on any atom is 0.352 e. The molecule has 1 atom stereocenters. The summed E-state index contributed by atoms with van der Waals surface area (Å²) in [5.74, 6) is -0.897. The number of hydrogen-bond acceptors (Lipinski definition) is 7. The lowest BCUT2D eigenvalue weighted by atomic mass is 10.1. The summed E-state index contributed by atoms with van der Waals surface area (Å²) in [6.07, 6.45) is 4.07. The average Bonchev–Trinajstić information content (AvgIpc) is 3.30. The van der Waals surface area contributed by atoms with E-state index in [1.807, 2.05) is 37.3 Å². The first-order chi connectivity index (χ1) is 16.4. The van der Waals surface area contributed by atoms with Gasteiger partial charge in [-0.15, -0.1) is 0 Å². The van der Waals surface area contributed by atoms with Crippen LogP contribution in [-0.4, -0.2) is 66.4 Å². The zero-order valence-electron chi connectivity index (χ0n) is 19.9. The zero-order valence-corrected chi connectivity index (χ0v) is 19.9. The van der Waals surface area contributed by atoms with Crippen LogP contribution >= 0.6 is 0 Å². The number of hydrogen-bond donors (Lipinski definition) is 2. The van der Waals surface area contributed by atoms with Crippen molar-refractivity contribution in [2.24, 2.45) is 0 Å². The van der Waals surface area contributed by atoms with E-state index in [0.29, 0.717) is 18.7 Å². The van der Waals surface area contributed by atoms with Gasteiger partial charge in [0, 0.05) is 25.3 Å². The summed E-state index contributed by atoms with van der Waals surface area (Å²) in [4.78, 5) is 41.9. The van der Waals surface area contributed by atoms with Crippen LogP contribution in [0.2, 0.25) is 0 Å². The Hall–Kier alpha value is -3.54. The van der Waals surface area contributed by atoms with Crippen LogP contribution in [-0.2, 0) is 19.1 Å². The van der Waals surface area contributed by atoms with E-state index in [4.69, 9.17) is 4.74 Å². The number of nitriles is 1. The predicted octanol–water partition coefficient (Wildman–Crippen LogP) is 2.30. The minimum Gasteiger partial charge on any atom is -0.462 e. The second kappa shape index (κ2) is 12.1. The first kappa shape index (κ1) is 25.1. The lowest BCUT2D eigenvalue weighted by Gasteiger charge is -2.28. The molecule has 1 aromatic carbocycles. The summed E-state index contributed by atoms with van der Waals surface area (Å²) in [7, 11) is 0. The third-order valence-electron chi connectivity index (χ3n) is 6.01. The molecule has 2 N–H and O–H groups in total. The number of amides is 2. The van der Waals surface area contributed by atoms with E-state index in [2.05, 4.69) is 10.6 Å². The summed E-state index contributed by atoms with van der Waals surface area (Å²) < 4.78 is 5.06. The van der Waals surface area contributed by atoms with Gasteiger partial charge in [-0.2, -0.15) is 5.26 Å². The van der Waals surface area contributed by atoms with Gasteiger partial charge in [-0.25, -0.2) is 4.79 Å². The van der Waals surface area contributed by atoms with Crippen LogP contribution in [0.5, 0.6) is 0 Å². The van der Waals surface area contributed by atoms with Crippen molar-refractivity contribution in [3.8, 4) is 6.07 Å². The van der Waals surface area contributed by atoms with Gasteiger partial charge in [-0.05, 0) is 63.6 Å². The molecule has 2 amide bonds. The normalized spacial score (nSPS) is 19.1. The Morgan fingerprint density at radius 3 is 2.59 bits per heavy atom. The van der Waals surface area contributed by atoms with Crippen molar-refractivity contribution in [2.45, 2.75) is 52.0 Å². The Morgan fingerprint density at radius 1 is 1.18 bits per heavy atom. The van der Waals surface area contributed by atoms with Gasteiger partial charge in [-0.1, -0.05) is 12.1 Å². The number of nitrogens with one attached hydrogen (secondary N) is 2. The number of carbonyl (C=O) groups excluding carboxylic acids is 3. The molecule has 182 valence electrons. The number of rotatable bonds is 8. The quantitative estimate of drug-likeness (QED) is 0.342. The molecule has 1 unspecified atom stereocenters. The molecule has 9 nitrogen and oxygen atoms in total. The number of nitrogens with zero attached hydrogens (tertiary/aromatic N) is 3. The van der Waals surface area contributed by atoms with Crippen molar-refractivity contribution < 1.29 is 19.1 Å². The number of anilines is 1. The van der Waals surface area contributed by atoms with Crippen molar-refractivity contribution in [3.63, 3.8) is 0 Å². The number of likely N-dealkylation sites (tertiary alicyclic amines) is 2. The SMILES string of the molecule is CCOC(=O)/C(C#N)=C(\Nc1cccc(C)c1)NC1CCCCN(CC(=O)N2CCCC2)C1=O. The van der Waals surface area contributed by atoms with Gasteiger partial charge >= 0.3 is 5.97 Å². The van der Waals surface area contributed by atoms with Crippen LogP contribution in [0.3, 0.4) is 0 Å². The topological polar surface area (TPSA) is 115 Å². The smallest absolute Gasteiger partial charge is 0.352 e. The molecule has 0 radical (unpaired) electrons. The number of carbonyl (C=O) groups is 3. The fourth-order valence-electron chi connectivity index (χ4n) is 4.24. The molecule has 0 bridgehead atoms. The Morgan fingerprint density at radius 2 is 1.91 bits per heavy atom. The lowest BCUT2D eigenvalue weighted by Crippen LogP contribution is -2.49. The summed E-state index contributed by atoms with van der Waals surface area (Å²) >= 11 is 0. The second-order valence-electron chi connectivity index (χ2n) is 8.62. The minimum absolute atomic E-state index is 0.0376. The summed E-state index contributed by atoms with van der Waals surface area (Å²) in [5.41, 5.74) is 1.43. The van der Waals surface area contributed by atoms with E-state index < -0.39 is 12.0 Å². The minimum atomic E-state index is -0.769. The Kier molecular flexibility index (Phi) is 8.91. The molecule has 3 rings (SSSR count). The highest BCUT2D eigenvalue weighted by Crippen LogP contribution is 2.19. The lowest BCUT2D eigenvalue weighted by molar-refractivity contribution is -0.140. The summed E-state index contributed by atoms with van der Waals surface area (Å²) in [6.45, 7) is 5.74. The van der Waals surface area contributed by atoms with Crippen LogP contribution in [0.4, 0.5) is 5.69 Å². The van der Waals surface area contributed by atoms with E-state index in [1.165, 1.54) is 0 Å². The van der Waals surface area contributed by atoms with E-state index in [0.717, 1.165) is 44.3 Å². The van der Waals surface area contributed by atoms with Gasteiger partial charge in [0.25, 0.3) is 0 Å². The van der Waals surface area contributed by atoms with Gasteiger partial charge in [0.05, 0.1) is 13.2 Å². The van der Waals surface area contributed by atoms with Crippen molar-refractivity contribution in [1.82, 2.24) is 15.1 Å². The molecule has 2 heterocycles. The first-order valence-corrected chi connectivity index (χ1v) is 11.9. The number of aryl methyl sites for hydroxylation is 1. The number of esters is 1. The molecule has 0 spiro atoms. The second-order valence-corrected chi connectivity index (χ2v) is 8.62. The van der Waals surface area contributed by atoms with E-state index >= 15 is 0 Å². The highest BCUT2D eigenvalue weighted by Gasteiger charge is 2.31. The molecule has 2 aliphatic rings. The predicted molar refractivity (Wildman–Crippen MR) is 127 cm³/mol. The van der Waals surface area contributed by atoms with Crippen molar-refractivity contribution in [1.29, 1.82) is 5.26 Å². The standard InChI is InChI=1S/C25H33N5O4/c1-3-34-25(33)20(16-26)23(27-19-10-8-9-18(2)15-19)28-21-11-4-5-14-30(24(21)32)17-22(31)29-12-6-7-13-29/h8-10,15,21,27-28H,3-7,11-14,17H2,1-2H3/b23-20+. The highest BCUT2D eigenvalue weighted by atomic mass is 16.5. The van der Waals surface area contributed by atoms with Crippen LogP contribution in [0, 0.1) is 18.3 Å². The maximum atomic E-state index is 13.4. The summed E-state index contributed by atoms with van der Waals surface area (Å²) in [6, 6.07) is 8.71. The van der Waals surface area contributed by atoms with Crippen LogP contribution in [0.1, 0.15) is 44.6 Å². The summed E-state index contributed by atoms with van der Waals surface area (Å²) in [5, 5.41) is 15.9. The largest absolute Gasteiger partial charge is 0.462 e. The van der Waals surface area contributed by atoms with Crippen molar-refractivity contribution >= 4 is 23.5 Å². The third kappa shape index (κ3) is 6.50. The molecule has 0 saturated carbocycles. The molecule has 1 aromatic rings. The molecule has 2 saturated heterocycles. The number of benzene rings is 1. The monoisotopic (exact) mass is 467 g/mol. The zero-order chi connectivity index (χ0) is 24.5. The molecule has 0 aliphatic carbocycles. The van der Waals surface area contributed by atoms with Crippen LogP contribution in [0.15, 0.2) is 35.7 Å². The van der Waals surface area contributed by atoms with Crippen LogP contribution in [0.25, 0.3) is 0 Å². The van der Waals surface area contributed by atoms with Gasteiger partial charge in [-0.3, -0.25) is 9.59 Å². The van der Waals surface area contributed by atoms with E-state index in [9.17, 15) is 19.6 Å². The Bertz CT molecular complexity index is 978. The fourth-order valence-corrected chi connectivity index (χ4v) is 4.24. The van der Waals surface area contributed by atoms with Gasteiger partial charge in [0.1, 0.15) is 17.9 Å². The van der Waals surface area contributed by atoms with E-state index in [1.54, 1.807) is 16.7 Å². The molecule has 2 fully saturated rings.